The van der Waals surface area contributed by atoms with E-state index >= 15 is 0 Å². The first-order valence-electron chi connectivity index (χ1n) is 47.2. The summed E-state index contributed by atoms with van der Waals surface area (Å²) in [5.41, 5.74) is 28.6. The Morgan fingerprint density at radius 1 is 0.359 bits per heavy atom. The number of nitrogens with two attached hydrogens (primary N) is 3. The average Bonchev–Trinajstić information content (AvgIpc) is 1.66. The van der Waals surface area contributed by atoms with Crippen LogP contribution in [-0.4, -0.2) is 233 Å². The summed E-state index contributed by atoms with van der Waals surface area (Å²) >= 11 is 14.9. The van der Waals surface area contributed by atoms with Crippen molar-refractivity contribution in [2.45, 2.75) is 161 Å². The van der Waals surface area contributed by atoms with E-state index < -0.39 is 34.3 Å². The van der Waals surface area contributed by atoms with Gasteiger partial charge < -0.3 is 77.4 Å². The molecule has 6 aliphatic rings. The molecule has 0 spiro atoms. The van der Waals surface area contributed by atoms with Gasteiger partial charge in [-0.3, -0.25) is 43.2 Å². The summed E-state index contributed by atoms with van der Waals surface area (Å²) < 4.78 is 0. The largest absolute Gasteiger partial charge is 0.475 e. The maximum atomic E-state index is 13.2. The van der Waals surface area contributed by atoms with Gasteiger partial charge in [-0.15, -0.1) is 23.2 Å². The molecule has 0 saturated carbocycles. The smallest absolute Gasteiger partial charge is 0.377 e. The van der Waals surface area contributed by atoms with E-state index in [1.807, 2.05) is 126 Å². The van der Waals surface area contributed by atoms with Gasteiger partial charge in [0.05, 0.1) is 22.0 Å². The number of rotatable bonds is 18. The molecule has 6 fully saturated rings. The summed E-state index contributed by atoms with van der Waals surface area (Å²) in [6.07, 6.45) is 22.6. The summed E-state index contributed by atoms with van der Waals surface area (Å²) in [5, 5.41) is 17.5. The zero-order valence-electron chi connectivity index (χ0n) is 82.7. The normalized spacial score (nSPS) is 14.3. The Balaban J connectivity index is 0.000000887. The molecule has 6 saturated heterocycles. The van der Waals surface area contributed by atoms with Crippen LogP contribution in [0.15, 0.2) is 176 Å². The molecule has 6 aliphatic heterocycles. The third-order valence-electron chi connectivity index (χ3n) is 25.7. The van der Waals surface area contributed by atoms with Crippen molar-refractivity contribution in [3.05, 3.63) is 284 Å². The Hall–Kier alpha value is -7.33. The molecule has 4 aromatic heterocycles. The molecule has 25 nitrogen and oxygen atoms in total. The van der Waals surface area contributed by atoms with Crippen LogP contribution < -0.4 is 27.8 Å². The van der Waals surface area contributed by atoms with E-state index in [0.29, 0.717) is 99.3 Å². The molecule has 4 radical (unpaired) electrons. The SMILES string of the molecule is C.C.C.C.C1CCNCC1.CC(=O)C(=O)c1c[nH]c2cc(C)c(C(=O)N3CCC(Cc4cc[c-]cc4)CC3)cc12.CN.CN.CN.CN1CCNCC1.Cc1cc2[nH]cc(C(=O)C(=O)Cl)c2cc1C(=O)N1CCC(Cc2cc[c-]cc2)CC1.Cc1cc2[nH]cc(C(=O)C(=O)O)c2cc1C(=O)N1CCC(Cc2cc[c-]cc2)CC1.Cc1cc2[nH]ccc2cc1C(=O)N1CCC(Cc2cc[c-]cc2)CC1.ClCCl.[Y].[Y].[Y].[Y]. The van der Waals surface area contributed by atoms with E-state index in [1.54, 1.807) is 30.5 Å². The number of piperidine rings is 5. The van der Waals surface area contributed by atoms with E-state index in [0.717, 1.165) is 161 Å². The third kappa shape index (κ3) is 40.4. The molecule has 4 amide bonds. The van der Waals surface area contributed by atoms with Gasteiger partial charge in [-0.05, 0) is 271 Å². The number of carboxylic acids is 1. The Labute approximate surface area is 975 Å². The van der Waals surface area contributed by atoms with Crippen LogP contribution in [0, 0.1) is 75.6 Å². The number of aryl methyl sites for hydroxylation is 4. The molecule has 145 heavy (non-hydrogen) atoms. The number of carbonyl (C=O) groups is 10. The number of carboxylic acid groups (broad SMARTS) is 1. The number of nitrogens with one attached hydrogen (secondary N) is 6. The first kappa shape index (κ1) is 136. The Bertz CT molecular complexity index is 5490. The van der Waals surface area contributed by atoms with Crippen LogP contribution in [0.2, 0.25) is 0 Å². The molecule has 774 valence electrons. The van der Waals surface area contributed by atoms with Gasteiger partial charge in [0.2, 0.25) is 11.6 Å². The van der Waals surface area contributed by atoms with Crippen LogP contribution in [0.5, 0.6) is 0 Å². The number of fused-ring (bicyclic) bond motifs is 4. The number of carbonyl (C=O) groups excluding carboxylic acids is 9. The first-order valence-corrected chi connectivity index (χ1v) is 48.7. The number of aromatic amines is 4. The van der Waals surface area contributed by atoms with Crippen LogP contribution in [0.3, 0.4) is 0 Å². The number of hydrogen-bond donors (Lipinski definition) is 10. The van der Waals surface area contributed by atoms with E-state index in [1.165, 1.54) is 108 Å². The number of alkyl halides is 2. The number of aliphatic carboxylic acids is 1. The minimum Gasteiger partial charge on any atom is -0.475 e. The van der Waals surface area contributed by atoms with Crippen molar-refractivity contribution in [1.82, 2.24) is 55.1 Å². The van der Waals surface area contributed by atoms with E-state index in [2.05, 4.69) is 139 Å². The topological polar surface area (TPSA) is 372 Å². The zero-order chi connectivity index (χ0) is 99.0. The molecule has 0 bridgehead atoms. The molecular weight excluding hydrogens is 2190 g/mol. The van der Waals surface area contributed by atoms with Gasteiger partial charge in [-0.1, -0.05) is 36.1 Å². The number of aromatic nitrogens is 4. The van der Waals surface area contributed by atoms with Gasteiger partial charge in [-0.2, -0.15) is 144 Å². The quantitative estimate of drug-likeness (QED) is 0.0125. The van der Waals surface area contributed by atoms with Gasteiger partial charge in [0, 0.05) is 307 Å². The number of H-pyrrole nitrogens is 4. The second-order valence-corrected chi connectivity index (χ2v) is 36.1. The van der Waals surface area contributed by atoms with Crippen LogP contribution >= 0.6 is 34.8 Å². The number of benzene rings is 8. The van der Waals surface area contributed by atoms with E-state index in [4.69, 9.17) is 39.9 Å². The summed E-state index contributed by atoms with van der Waals surface area (Å²) in [6, 6.07) is 61.3. The summed E-state index contributed by atoms with van der Waals surface area (Å²) in [7, 11) is 6.65. The second kappa shape index (κ2) is 71.4. The van der Waals surface area contributed by atoms with Crippen molar-refractivity contribution >= 4 is 136 Å². The van der Waals surface area contributed by atoms with Gasteiger partial charge in [0.25, 0.3) is 34.7 Å². The number of nitrogens with zero attached hydrogens (tertiary/aromatic N) is 5. The van der Waals surface area contributed by atoms with Gasteiger partial charge >= 0.3 is 5.97 Å². The van der Waals surface area contributed by atoms with Crippen molar-refractivity contribution in [3.63, 3.8) is 0 Å². The Morgan fingerprint density at radius 2 is 0.621 bits per heavy atom. The molecule has 13 N–H and O–H groups in total. The fourth-order valence-electron chi connectivity index (χ4n) is 18.1. The number of likely N-dealkylation sites (N-methyl/N-ethyl adjacent to an activating group) is 1. The average molecular weight is 2340 g/mol. The third-order valence-corrected chi connectivity index (χ3v) is 25.9. The minimum absolute atomic E-state index is 0. The zero-order valence-corrected chi connectivity index (χ0v) is 96.3. The molecule has 12 aromatic rings. The van der Waals surface area contributed by atoms with Gasteiger partial charge in [0.15, 0.2) is 5.78 Å². The van der Waals surface area contributed by atoms with Crippen LogP contribution in [0.4, 0.5) is 0 Å². The minimum atomic E-state index is -1.51. The maximum Gasteiger partial charge on any atom is 0.377 e. The van der Waals surface area contributed by atoms with Crippen molar-refractivity contribution in [2.24, 2.45) is 40.9 Å². The van der Waals surface area contributed by atoms with E-state index in [9.17, 15) is 47.9 Å². The van der Waals surface area contributed by atoms with Crippen molar-refractivity contribution < 1.29 is 184 Å². The number of amides is 4. The standard InChI is InChI=1S/C25H25N2O3.C24H22ClN2O3.C24H23N2O4.C22H23N2O.C5H12N2.C5H11N.CH2Cl2.3CH5N.4CH4.4Y/c1-16-12-23-21(22(15-26-23)24(29)17(2)28)14-20(16)25(30)27-10-8-19(9-11-27)13-18-6-4-3-5-7-18;1-15-11-21-19(20(14-26-21)22(28)23(25)29)13-18(15)24(30)27-9-7-17(8-10-27)12-16-5-3-2-4-6-16;1-15-11-21-19(20(14-25-21)22(27)24(29)30)13-18(15)23(28)26-9-7-17(8-10-26)12-16-5-3-2-4-6-16;1-16-13-21-19(7-10-23-21)15-20(16)22(25)24-11-8-18(9-12-24)14-17-5-3-2-4-6-17;1-7-4-2-6-3-5-7;1-2-4-6-5-3-1;2-1-3;3*1-2;;;;;;;;/h4-7,12,14-15,19,26H,8-11,13H2,1-2H3;3-6,11,13-14,17,26H,7-10,12H2,1H3;3-6,11,13-14,17,25H,7-10,12H2,1H3,(H,29,30);3-7,10,13,15,18,23H,8-9,11-12,14H2,1H3;6H,2-5H2,1H3;6H,1-5H2;1H2;3*2H2,1H3;4*1H4;;;;/q4*-1;;;;;;;;;;;;;;. The van der Waals surface area contributed by atoms with Crippen LogP contribution in [0.1, 0.15) is 224 Å². The molecule has 0 unspecified atom stereocenters. The number of Topliss-reactive ketones (excluding diaryl/α,β-unsaturated/α-hetero) is 4. The molecule has 8 aromatic carbocycles. The molecule has 0 aliphatic carbocycles. The number of piperazine rings is 1. The van der Waals surface area contributed by atoms with Crippen molar-refractivity contribution in [1.29, 1.82) is 0 Å². The first-order chi connectivity index (χ1) is 66.3. The predicted octanol–water partition coefficient (Wildman–Crippen LogP) is 19.4. The van der Waals surface area contributed by atoms with Gasteiger partial charge in [0.1, 0.15) is 0 Å². The number of halogens is 3. The predicted molar refractivity (Wildman–Crippen MR) is 576 cm³/mol. The van der Waals surface area contributed by atoms with Crippen molar-refractivity contribution in [2.75, 3.05) is 125 Å². The fourth-order valence-corrected chi connectivity index (χ4v) is 18.2. The molecular formula is C113H149Cl3N14O11Y4-4. The Kier molecular flexibility index (Phi) is 66.8. The second-order valence-electron chi connectivity index (χ2n) is 35.0. The Morgan fingerprint density at radius 3 is 0.862 bits per heavy atom. The molecule has 18 rings (SSSR count). The number of ketones is 4. The van der Waals surface area contributed by atoms with Crippen LogP contribution in [0.25, 0.3) is 43.6 Å². The summed E-state index contributed by atoms with van der Waals surface area (Å²) in [5.74, 6) is -1.92. The summed E-state index contributed by atoms with van der Waals surface area (Å²) in [4.78, 5) is 145. The number of likely N-dealkylation sites (tertiary alicyclic amines) is 4. The monoisotopic (exact) mass is 2340 g/mol. The van der Waals surface area contributed by atoms with Crippen LogP contribution in [-0.2, 0) is 171 Å². The summed E-state index contributed by atoms with van der Waals surface area (Å²) in [6.45, 7) is 22.1. The fraction of sp³-hybridized carbons (Fsp3) is 0.416. The number of hydrogen-bond acceptors (Lipinski definition) is 16. The molecule has 10 heterocycles. The maximum absolute atomic E-state index is 13.2. The molecule has 0 atom stereocenters. The van der Waals surface area contributed by atoms with E-state index in [-0.39, 0.29) is 201 Å². The molecule has 32 heteroatoms. The van der Waals surface area contributed by atoms with Gasteiger partial charge in [-0.25, -0.2) is 4.79 Å². The van der Waals surface area contributed by atoms with Crippen molar-refractivity contribution in [3.8, 4) is 0 Å².